The molecule has 2 fully saturated rings. The van der Waals surface area contributed by atoms with Crippen LogP contribution in [0.25, 0.3) is 0 Å². The van der Waals surface area contributed by atoms with Gasteiger partial charge in [-0.2, -0.15) is 0 Å². The third-order valence-corrected chi connectivity index (χ3v) is 7.29. The standard InChI is InChI=1S/C28H38N4O3/c1-21-8-10-23(11-9-21)27(33)32-20-25(18-26(32)28(34)30-14-12-29-13-15-30)31(16-17-35-3)19-24-7-5-4-6-22(24)2/h4-11,25-26,29H,12-20H2,1-3H3. The van der Waals surface area contributed by atoms with Gasteiger partial charge >= 0.3 is 0 Å². The minimum absolute atomic E-state index is 0.0661. The van der Waals surface area contributed by atoms with Crippen molar-refractivity contribution in [3.8, 4) is 0 Å². The van der Waals surface area contributed by atoms with Gasteiger partial charge < -0.3 is 19.9 Å². The summed E-state index contributed by atoms with van der Waals surface area (Å²) in [5, 5.41) is 3.31. The largest absolute Gasteiger partial charge is 0.383 e. The molecule has 0 saturated carbocycles. The number of hydrogen-bond acceptors (Lipinski definition) is 5. The minimum Gasteiger partial charge on any atom is -0.383 e. The number of methoxy groups -OCH3 is 1. The number of rotatable bonds is 8. The van der Waals surface area contributed by atoms with Crippen LogP contribution >= 0.6 is 0 Å². The minimum atomic E-state index is -0.450. The highest BCUT2D eigenvalue weighted by Gasteiger charge is 2.43. The summed E-state index contributed by atoms with van der Waals surface area (Å²) in [7, 11) is 1.71. The van der Waals surface area contributed by atoms with Crippen LogP contribution in [-0.2, 0) is 16.1 Å². The van der Waals surface area contributed by atoms with Crippen molar-refractivity contribution >= 4 is 11.8 Å². The van der Waals surface area contributed by atoms with Crippen molar-refractivity contribution in [1.29, 1.82) is 0 Å². The summed E-state index contributed by atoms with van der Waals surface area (Å²) in [5.74, 6) is 0.000567. The lowest BCUT2D eigenvalue weighted by atomic mass is 10.1. The normalized spacial score (nSPS) is 20.5. The van der Waals surface area contributed by atoms with Gasteiger partial charge in [0.25, 0.3) is 5.91 Å². The molecule has 2 aliphatic heterocycles. The molecule has 2 heterocycles. The van der Waals surface area contributed by atoms with Crippen molar-refractivity contribution in [2.75, 3.05) is 53.0 Å². The van der Waals surface area contributed by atoms with E-state index in [4.69, 9.17) is 4.74 Å². The molecule has 2 aromatic carbocycles. The molecule has 2 saturated heterocycles. The SMILES string of the molecule is COCCN(Cc1ccccc1C)C1CC(C(=O)N2CCNCC2)N(C(=O)c2ccc(C)cc2)C1. The Morgan fingerprint density at radius 1 is 1.06 bits per heavy atom. The van der Waals surface area contributed by atoms with Crippen molar-refractivity contribution in [3.05, 3.63) is 70.8 Å². The molecule has 4 rings (SSSR count). The fourth-order valence-corrected chi connectivity index (χ4v) is 5.10. The monoisotopic (exact) mass is 478 g/mol. The Bertz CT molecular complexity index is 1000. The molecule has 2 aromatic rings. The zero-order valence-electron chi connectivity index (χ0n) is 21.2. The van der Waals surface area contributed by atoms with E-state index >= 15 is 0 Å². The van der Waals surface area contributed by atoms with Crippen molar-refractivity contribution in [2.24, 2.45) is 0 Å². The van der Waals surface area contributed by atoms with Crippen LogP contribution in [0.15, 0.2) is 48.5 Å². The van der Waals surface area contributed by atoms with E-state index < -0.39 is 6.04 Å². The number of nitrogens with zero attached hydrogens (tertiary/aromatic N) is 3. The summed E-state index contributed by atoms with van der Waals surface area (Å²) in [5.41, 5.74) is 4.25. The summed E-state index contributed by atoms with van der Waals surface area (Å²) < 4.78 is 5.42. The van der Waals surface area contributed by atoms with Crippen molar-refractivity contribution in [2.45, 2.75) is 38.9 Å². The molecule has 0 spiro atoms. The lowest BCUT2D eigenvalue weighted by Gasteiger charge is -2.32. The molecule has 188 valence electrons. The molecule has 2 unspecified atom stereocenters. The molecule has 0 bridgehead atoms. The highest BCUT2D eigenvalue weighted by molar-refractivity contribution is 5.98. The number of carbonyl (C=O) groups excluding carboxylic acids is 2. The maximum Gasteiger partial charge on any atom is 0.254 e. The van der Waals surface area contributed by atoms with Crippen LogP contribution in [0.3, 0.4) is 0 Å². The number of nitrogens with one attached hydrogen (secondary N) is 1. The summed E-state index contributed by atoms with van der Waals surface area (Å²) in [6.07, 6.45) is 0.635. The second kappa shape index (κ2) is 11.8. The van der Waals surface area contributed by atoms with Gasteiger partial charge in [-0.25, -0.2) is 0 Å². The van der Waals surface area contributed by atoms with Crippen molar-refractivity contribution in [3.63, 3.8) is 0 Å². The Balaban J connectivity index is 1.60. The van der Waals surface area contributed by atoms with Crippen LogP contribution in [0.4, 0.5) is 0 Å². The predicted molar refractivity (Wildman–Crippen MR) is 137 cm³/mol. The van der Waals surface area contributed by atoms with Gasteiger partial charge in [-0.3, -0.25) is 14.5 Å². The van der Waals surface area contributed by atoms with E-state index in [1.165, 1.54) is 11.1 Å². The molecule has 7 nitrogen and oxygen atoms in total. The highest BCUT2D eigenvalue weighted by Crippen LogP contribution is 2.28. The Morgan fingerprint density at radius 2 is 1.77 bits per heavy atom. The Labute approximate surface area is 209 Å². The third kappa shape index (κ3) is 6.10. The number of piperazine rings is 1. The molecule has 2 aliphatic rings. The summed E-state index contributed by atoms with van der Waals surface area (Å²) >= 11 is 0. The Kier molecular flexibility index (Phi) is 8.55. The number of carbonyl (C=O) groups is 2. The van der Waals surface area contributed by atoms with Crippen LogP contribution in [0.1, 0.15) is 33.5 Å². The quantitative estimate of drug-likeness (QED) is 0.632. The van der Waals surface area contributed by atoms with Crippen LogP contribution in [0.2, 0.25) is 0 Å². The van der Waals surface area contributed by atoms with Crippen LogP contribution < -0.4 is 5.32 Å². The number of ether oxygens (including phenoxy) is 1. The van der Waals surface area contributed by atoms with Gasteiger partial charge in [0, 0.05) is 64.5 Å². The average molecular weight is 479 g/mol. The van der Waals surface area contributed by atoms with E-state index in [0.29, 0.717) is 38.2 Å². The van der Waals surface area contributed by atoms with E-state index in [1.807, 2.05) is 41.0 Å². The maximum atomic E-state index is 13.7. The Morgan fingerprint density at radius 3 is 2.46 bits per heavy atom. The zero-order valence-corrected chi connectivity index (χ0v) is 21.2. The molecular weight excluding hydrogens is 440 g/mol. The first-order chi connectivity index (χ1) is 17.0. The number of benzene rings is 2. The zero-order chi connectivity index (χ0) is 24.8. The number of aryl methyl sites for hydroxylation is 2. The topological polar surface area (TPSA) is 65.1 Å². The lowest BCUT2D eigenvalue weighted by molar-refractivity contribution is -0.135. The molecule has 2 amide bonds. The van der Waals surface area contributed by atoms with E-state index in [2.05, 4.69) is 41.4 Å². The molecule has 35 heavy (non-hydrogen) atoms. The highest BCUT2D eigenvalue weighted by atomic mass is 16.5. The van der Waals surface area contributed by atoms with E-state index in [0.717, 1.165) is 31.7 Å². The molecular formula is C28H38N4O3. The van der Waals surface area contributed by atoms with Crippen LogP contribution in [-0.4, -0.2) is 91.6 Å². The first kappa shape index (κ1) is 25.4. The van der Waals surface area contributed by atoms with Gasteiger partial charge in [0.05, 0.1) is 6.61 Å². The molecule has 0 aliphatic carbocycles. The Hall–Kier alpha value is -2.74. The van der Waals surface area contributed by atoms with E-state index in [9.17, 15) is 9.59 Å². The predicted octanol–water partition coefficient (Wildman–Crippen LogP) is 2.47. The molecule has 0 radical (unpaired) electrons. The average Bonchev–Trinajstić information content (AvgIpc) is 3.33. The van der Waals surface area contributed by atoms with Gasteiger partial charge in [-0.05, 0) is 43.5 Å². The molecule has 1 N–H and O–H groups in total. The smallest absolute Gasteiger partial charge is 0.254 e. The summed E-state index contributed by atoms with van der Waals surface area (Å²) in [4.78, 5) is 33.4. The molecule has 0 aromatic heterocycles. The van der Waals surface area contributed by atoms with Crippen molar-refractivity contribution in [1.82, 2.24) is 20.0 Å². The van der Waals surface area contributed by atoms with Gasteiger partial charge in [0.15, 0.2) is 0 Å². The van der Waals surface area contributed by atoms with E-state index in [1.54, 1.807) is 7.11 Å². The fraction of sp³-hybridized carbons (Fsp3) is 0.500. The van der Waals surface area contributed by atoms with Gasteiger partial charge in [-0.1, -0.05) is 42.0 Å². The van der Waals surface area contributed by atoms with Gasteiger partial charge in [0.2, 0.25) is 5.91 Å². The van der Waals surface area contributed by atoms with Gasteiger partial charge in [0.1, 0.15) is 6.04 Å². The number of amides is 2. The molecule has 7 heteroatoms. The number of likely N-dealkylation sites (tertiary alicyclic amines) is 1. The maximum absolute atomic E-state index is 13.7. The lowest BCUT2D eigenvalue weighted by Crippen LogP contribution is -2.53. The first-order valence-electron chi connectivity index (χ1n) is 12.6. The summed E-state index contributed by atoms with van der Waals surface area (Å²) in [6, 6.07) is 15.7. The van der Waals surface area contributed by atoms with Crippen molar-refractivity contribution < 1.29 is 14.3 Å². The fourth-order valence-electron chi connectivity index (χ4n) is 5.10. The third-order valence-electron chi connectivity index (χ3n) is 7.29. The second-order valence-electron chi connectivity index (χ2n) is 9.69. The van der Waals surface area contributed by atoms with Crippen LogP contribution in [0, 0.1) is 13.8 Å². The van der Waals surface area contributed by atoms with Crippen LogP contribution in [0.5, 0.6) is 0 Å². The second-order valence-corrected chi connectivity index (χ2v) is 9.69. The van der Waals surface area contributed by atoms with E-state index in [-0.39, 0.29) is 17.9 Å². The summed E-state index contributed by atoms with van der Waals surface area (Å²) in [6.45, 7) is 9.74. The number of hydrogen-bond donors (Lipinski definition) is 1. The first-order valence-corrected chi connectivity index (χ1v) is 12.6. The molecule has 2 atom stereocenters. The van der Waals surface area contributed by atoms with Gasteiger partial charge in [-0.15, -0.1) is 0 Å².